The average Bonchev–Trinajstić information content (AvgIpc) is 3.46. The number of benzene rings is 1. The monoisotopic (exact) mass is 478 g/mol. The van der Waals surface area contributed by atoms with Crippen molar-refractivity contribution in [2.24, 2.45) is 5.92 Å². The second-order valence-corrected chi connectivity index (χ2v) is 13.2. The Hall–Kier alpha value is -2.07. The molecule has 0 bridgehead atoms. The van der Waals surface area contributed by atoms with Gasteiger partial charge in [-0.25, -0.2) is 0 Å². The SMILES string of the molecule is Cc1c(C(=O)NCC(C)(C)O)cc(-c2cc(C(C)(C)C)cc(C3(C)CC3)c2)n1CC1CCCCC1. The van der Waals surface area contributed by atoms with E-state index in [1.165, 1.54) is 61.6 Å². The van der Waals surface area contributed by atoms with Gasteiger partial charge in [0.05, 0.1) is 11.2 Å². The highest BCUT2D eigenvalue weighted by Gasteiger charge is 2.40. The van der Waals surface area contributed by atoms with Crippen molar-refractivity contribution in [2.45, 2.75) is 116 Å². The Balaban J connectivity index is 1.80. The molecule has 1 aromatic carbocycles. The van der Waals surface area contributed by atoms with E-state index in [0.29, 0.717) is 5.92 Å². The van der Waals surface area contributed by atoms with Gasteiger partial charge in [-0.2, -0.15) is 0 Å². The number of rotatable bonds is 7. The zero-order valence-electron chi connectivity index (χ0n) is 23.1. The van der Waals surface area contributed by atoms with Crippen LogP contribution in [0.4, 0.5) is 0 Å². The summed E-state index contributed by atoms with van der Waals surface area (Å²) in [6, 6.07) is 9.24. The predicted octanol–water partition coefficient (Wildman–Crippen LogP) is 6.89. The number of hydrogen-bond donors (Lipinski definition) is 2. The van der Waals surface area contributed by atoms with Crippen LogP contribution in [0.5, 0.6) is 0 Å². The molecule has 35 heavy (non-hydrogen) atoms. The van der Waals surface area contributed by atoms with Crippen LogP contribution in [0.1, 0.15) is 114 Å². The molecule has 2 aliphatic carbocycles. The van der Waals surface area contributed by atoms with Gasteiger partial charge in [0.1, 0.15) is 0 Å². The molecule has 2 saturated carbocycles. The van der Waals surface area contributed by atoms with Crippen molar-refractivity contribution in [2.75, 3.05) is 6.54 Å². The van der Waals surface area contributed by atoms with Crippen LogP contribution in [-0.4, -0.2) is 27.7 Å². The minimum absolute atomic E-state index is 0.0543. The van der Waals surface area contributed by atoms with Gasteiger partial charge in [-0.15, -0.1) is 0 Å². The average molecular weight is 479 g/mol. The maximum Gasteiger partial charge on any atom is 0.253 e. The highest BCUT2D eigenvalue weighted by Crippen LogP contribution is 2.49. The first kappa shape index (κ1) is 26.0. The lowest BCUT2D eigenvalue weighted by Gasteiger charge is -2.26. The van der Waals surface area contributed by atoms with Crippen LogP contribution >= 0.6 is 0 Å². The predicted molar refractivity (Wildman–Crippen MR) is 145 cm³/mol. The van der Waals surface area contributed by atoms with E-state index >= 15 is 0 Å². The normalized spacial score (nSPS) is 18.5. The number of nitrogens with one attached hydrogen (secondary N) is 1. The number of nitrogens with zero attached hydrogens (tertiary/aromatic N) is 1. The molecule has 0 spiro atoms. The molecule has 1 amide bonds. The second kappa shape index (κ2) is 9.42. The van der Waals surface area contributed by atoms with Gasteiger partial charge in [0, 0.05) is 24.5 Å². The zero-order chi connectivity index (χ0) is 25.6. The molecule has 2 N–H and O–H groups in total. The van der Waals surface area contributed by atoms with E-state index in [0.717, 1.165) is 23.5 Å². The van der Waals surface area contributed by atoms with Gasteiger partial charge >= 0.3 is 0 Å². The van der Waals surface area contributed by atoms with Crippen LogP contribution in [0.3, 0.4) is 0 Å². The zero-order valence-corrected chi connectivity index (χ0v) is 23.1. The Morgan fingerprint density at radius 1 is 1.06 bits per heavy atom. The third kappa shape index (κ3) is 6.02. The number of aromatic nitrogens is 1. The molecule has 0 atom stereocenters. The number of aliphatic hydroxyl groups is 1. The smallest absolute Gasteiger partial charge is 0.253 e. The maximum atomic E-state index is 13.2. The Morgan fingerprint density at radius 3 is 2.29 bits per heavy atom. The summed E-state index contributed by atoms with van der Waals surface area (Å²) in [5.74, 6) is 0.557. The van der Waals surface area contributed by atoms with E-state index in [1.54, 1.807) is 13.8 Å². The molecule has 2 fully saturated rings. The molecule has 192 valence electrons. The number of hydrogen-bond acceptors (Lipinski definition) is 2. The Morgan fingerprint density at radius 2 is 1.71 bits per heavy atom. The van der Waals surface area contributed by atoms with E-state index in [-0.39, 0.29) is 23.3 Å². The molecule has 1 aromatic heterocycles. The molecule has 2 aromatic rings. The van der Waals surface area contributed by atoms with Gasteiger partial charge in [-0.05, 0) is 98.1 Å². The Kier molecular flexibility index (Phi) is 7.00. The summed E-state index contributed by atoms with van der Waals surface area (Å²) in [5.41, 5.74) is 6.30. The van der Waals surface area contributed by atoms with E-state index < -0.39 is 5.60 Å². The first-order valence-corrected chi connectivity index (χ1v) is 13.6. The quantitative estimate of drug-likeness (QED) is 0.455. The summed E-state index contributed by atoms with van der Waals surface area (Å²) in [4.78, 5) is 13.2. The van der Waals surface area contributed by atoms with Crippen molar-refractivity contribution in [3.63, 3.8) is 0 Å². The summed E-state index contributed by atoms with van der Waals surface area (Å²) < 4.78 is 2.41. The van der Waals surface area contributed by atoms with Gasteiger partial charge < -0.3 is 15.0 Å². The largest absolute Gasteiger partial charge is 0.389 e. The van der Waals surface area contributed by atoms with Crippen molar-refractivity contribution in [3.05, 3.63) is 46.6 Å². The molecule has 0 aliphatic heterocycles. The van der Waals surface area contributed by atoms with Gasteiger partial charge in [0.2, 0.25) is 0 Å². The number of carbonyl (C=O) groups excluding carboxylic acids is 1. The minimum atomic E-state index is -0.938. The molecule has 0 radical (unpaired) electrons. The summed E-state index contributed by atoms with van der Waals surface area (Å²) in [7, 11) is 0. The van der Waals surface area contributed by atoms with Crippen LogP contribution in [0, 0.1) is 12.8 Å². The molecule has 4 nitrogen and oxygen atoms in total. The summed E-state index contributed by atoms with van der Waals surface area (Å²) in [6.45, 7) is 16.0. The number of carbonyl (C=O) groups is 1. The van der Waals surface area contributed by atoms with Crippen LogP contribution in [0.15, 0.2) is 24.3 Å². The highest BCUT2D eigenvalue weighted by atomic mass is 16.3. The molecule has 4 heteroatoms. The van der Waals surface area contributed by atoms with Gasteiger partial charge in [-0.3, -0.25) is 4.79 Å². The van der Waals surface area contributed by atoms with Crippen LogP contribution in [-0.2, 0) is 17.4 Å². The van der Waals surface area contributed by atoms with Crippen molar-refractivity contribution in [1.82, 2.24) is 9.88 Å². The molecule has 2 aliphatic rings. The van der Waals surface area contributed by atoms with Gasteiger partial charge in [0.25, 0.3) is 5.91 Å². The third-order valence-electron chi connectivity index (χ3n) is 8.25. The lowest BCUT2D eigenvalue weighted by atomic mass is 9.82. The molecular formula is C31H46N2O2. The topological polar surface area (TPSA) is 54.3 Å². The second-order valence-electron chi connectivity index (χ2n) is 13.2. The first-order valence-electron chi connectivity index (χ1n) is 13.6. The van der Waals surface area contributed by atoms with Crippen molar-refractivity contribution < 1.29 is 9.90 Å². The van der Waals surface area contributed by atoms with Crippen molar-refractivity contribution in [3.8, 4) is 11.3 Å². The lowest BCUT2D eigenvalue weighted by molar-refractivity contribution is 0.0694. The summed E-state index contributed by atoms with van der Waals surface area (Å²) in [6.07, 6.45) is 8.97. The highest BCUT2D eigenvalue weighted by molar-refractivity contribution is 5.97. The van der Waals surface area contributed by atoms with E-state index in [1.807, 2.05) is 0 Å². The molecule has 1 heterocycles. The number of amides is 1. The minimum Gasteiger partial charge on any atom is -0.389 e. The van der Waals surface area contributed by atoms with Gasteiger partial charge in [0.15, 0.2) is 0 Å². The fraction of sp³-hybridized carbons (Fsp3) is 0.645. The van der Waals surface area contributed by atoms with Crippen molar-refractivity contribution >= 4 is 5.91 Å². The lowest BCUT2D eigenvalue weighted by Crippen LogP contribution is -2.38. The molecule has 4 rings (SSSR count). The van der Waals surface area contributed by atoms with Crippen LogP contribution in [0.2, 0.25) is 0 Å². The third-order valence-corrected chi connectivity index (χ3v) is 8.25. The molecule has 0 saturated heterocycles. The first-order chi connectivity index (χ1) is 16.3. The fourth-order valence-corrected chi connectivity index (χ4v) is 5.40. The van der Waals surface area contributed by atoms with Gasteiger partial charge in [-0.1, -0.05) is 53.0 Å². The van der Waals surface area contributed by atoms with E-state index in [4.69, 9.17) is 0 Å². The van der Waals surface area contributed by atoms with Crippen molar-refractivity contribution in [1.29, 1.82) is 0 Å². The maximum absolute atomic E-state index is 13.2. The fourth-order valence-electron chi connectivity index (χ4n) is 5.40. The summed E-state index contributed by atoms with van der Waals surface area (Å²) in [5, 5.41) is 13.1. The summed E-state index contributed by atoms with van der Waals surface area (Å²) >= 11 is 0. The van der Waals surface area contributed by atoms with Crippen LogP contribution in [0.25, 0.3) is 11.3 Å². The molecule has 0 unspecified atom stereocenters. The van der Waals surface area contributed by atoms with E-state index in [9.17, 15) is 9.90 Å². The van der Waals surface area contributed by atoms with E-state index in [2.05, 4.69) is 68.8 Å². The van der Waals surface area contributed by atoms with Crippen LogP contribution < -0.4 is 5.32 Å². The molecular weight excluding hydrogens is 432 g/mol. The standard InChI is InChI=1S/C31H46N2O2/c1-21-26(28(34)32-20-30(5,6)35)18-27(33(21)19-22-11-9-8-10-12-22)23-15-24(29(2,3)4)17-25(16-23)31(7)13-14-31/h15-18,22,35H,8-14,19-20H2,1-7H3,(H,32,34). The Bertz CT molecular complexity index is 1050. The Labute approximate surface area is 212 Å².